The minimum absolute atomic E-state index is 0. The lowest BCUT2D eigenvalue weighted by Gasteiger charge is -2.37. The average molecular weight is 1230 g/mol. The second-order valence-electron chi connectivity index (χ2n) is 21.8. The first kappa shape index (κ1) is 62.5. The summed E-state index contributed by atoms with van der Waals surface area (Å²) < 4.78 is 40.2. The number of likely N-dealkylation sites (tertiary alicyclic amines) is 2. The van der Waals surface area contributed by atoms with Crippen LogP contribution in [0.5, 0.6) is 0 Å². The molecule has 0 spiro atoms. The van der Waals surface area contributed by atoms with E-state index in [0.29, 0.717) is 65.5 Å². The zero-order chi connectivity index (χ0) is 62.0. The molecule has 2 saturated heterocycles. The number of rotatable bonds is 13. The van der Waals surface area contributed by atoms with Crippen molar-refractivity contribution in [2.75, 3.05) is 23.7 Å². The normalized spacial score (nSPS) is 16.2. The zero-order valence-electron chi connectivity index (χ0n) is 49.7. The number of piperidine rings is 2. The molecule has 90 heavy (non-hydrogen) atoms. The number of hydrogen-bond acceptors (Lipinski definition) is 20. The molecular formula is C65H68N16O8S. The van der Waals surface area contributed by atoms with E-state index in [0.717, 1.165) is 92.6 Å². The maximum Gasteiger partial charge on any atom is 0.410 e. The van der Waals surface area contributed by atoms with Crippen LogP contribution < -0.4 is 10.6 Å². The van der Waals surface area contributed by atoms with Crippen LogP contribution in [-0.4, -0.2) is 127 Å². The van der Waals surface area contributed by atoms with Crippen molar-refractivity contribution in [2.24, 2.45) is 0 Å². The quantitative estimate of drug-likeness (QED) is 0.0966. The van der Waals surface area contributed by atoms with Crippen LogP contribution in [0.1, 0.15) is 81.0 Å². The van der Waals surface area contributed by atoms with Crippen LogP contribution in [0.2, 0.25) is 0 Å². The number of benzene rings is 3. The van der Waals surface area contributed by atoms with Crippen molar-refractivity contribution in [3.8, 4) is 51.2 Å². The third-order valence-electron chi connectivity index (χ3n) is 15.5. The van der Waals surface area contributed by atoms with E-state index in [-0.39, 0.29) is 57.0 Å². The maximum atomic E-state index is 13.0. The standard InChI is InChI=1S/C35H34N8O3.C29H30N8O3.CH4.O2S/c1-22-18-36-34(38-26-15-14-23(2)42(19-26)35(44)45-21-25-10-6-4-7-11-25)40-31(22)29-20-43(27-12-8-5-9-13-27)33-28(29)16-17-30(39-33)32-37-24(3)46-41-32;1-17-13-31-28(33-21-10-9-18(2)37(15-21)29(38)39-16-20-7-5-4-6-8-20)35-25(17)23-14-30-26-22(23)11-12-24(34-26)27-32-19(3)40-36-27;;1-3-2/h4-13,16-18,20,23,26H,14-15,19,21H2,1-3H3,(H,36,38,40);4-8,11-14,18,21H,9-10,15-16H2,1-3H3,(H,30,34)(H,31,33,35);1H4;/t23-,26-;18-,21-;;/m00../s1. The van der Waals surface area contributed by atoms with E-state index in [1.54, 1.807) is 23.6 Å². The van der Waals surface area contributed by atoms with Crippen molar-refractivity contribution < 1.29 is 36.5 Å². The van der Waals surface area contributed by atoms with Gasteiger partial charge in [-0.1, -0.05) is 96.6 Å². The monoisotopic (exact) mass is 1230 g/mol. The predicted octanol–water partition coefficient (Wildman–Crippen LogP) is 12.0. The molecule has 25 heteroatoms. The second-order valence-corrected chi connectivity index (χ2v) is 22.0. The smallest absolute Gasteiger partial charge is 0.410 e. The number of nitrogens with one attached hydrogen (secondary N) is 3. The third kappa shape index (κ3) is 14.5. The SMILES string of the molecule is C.Cc1nc(-c2ccc3c(-c4nc(N[C@H]5CC[C@H](C)N(C(=O)OCc6ccccc6)C5)ncc4C)c[nH]c3n2)no1.Cc1nc(-c2ccc3c(-c4nc(N[C@H]5CC[C@H](C)N(C(=O)OCc6ccccc6)C5)ncc4C)cn(-c4ccccc4)c3n2)no1.O=S=O. The van der Waals surface area contributed by atoms with Crippen molar-refractivity contribution >= 4 is 57.7 Å². The lowest BCUT2D eigenvalue weighted by Crippen LogP contribution is -2.50. The van der Waals surface area contributed by atoms with Crippen LogP contribution in [0, 0.1) is 27.7 Å². The molecular weight excluding hydrogens is 1160 g/mol. The van der Waals surface area contributed by atoms with Crippen molar-refractivity contribution in [1.29, 1.82) is 0 Å². The van der Waals surface area contributed by atoms with Gasteiger partial charge in [-0.3, -0.25) is 0 Å². The number of anilines is 2. The number of ether oxygens (including phenoxy) is 2. The highest BCUT2D eigenvalue weighted by Crippen LogP contribution is 2.36. The van der Waals surface area contributed by atoms with Crippen LogP contribution in [0.15, 0.2) is 149 Å². The molecule has 462 valence electrons. The molecule has 2 fully saturated rings. The number of aromatic nitrogens is 12. The average Bonchev–Trinajstić information content (AvgIpc) is 1.64. The van der Waals surface area contributed by atoms with E-state index < -0.39 is 11.6 Å². The van der Waals surface area contributed by atoms with Crippen LogP contribution >= 0.6 is 0 Å². The zero-order valence-corrected chi connectivity index (χ0v) is 50.5. The summed E-state index contributed by atoms with van der Waals surface area (Å²) >= 11 is -0.750. The lowest BCUT2D eigenvalue weighted by atomic mass is 10.00. The molecule has 10 heterocycles. The molecule has 11 aromatic rings. The lowest BCUT2D eigenvalue weighted by molar-refractivity contribution is 0.0689. The maximum absolute atomic E-state index is 13.0. The van der Waals surface area contributed by atoms with Crippen molar-refractivity contribution in [2.45, 2.75) is 112 Å². The Morgan fingerprint density at radius 2 is 1.06 bits per heavy atom. The summed E-state index contributed by atoms with van der Waals surface area (Å²) in [6.45, 7) is 13.1. The van der Waals surface area contributed by atoms with E-state index in [2.05, 4.69) is 75.5 Å². The van der Waals surface area contributed by atoms with Crippen LogP contribution in [0.3, 0.4) is 0 Å². The summed E-state index contributed by atoms with van der Waals surface area (Å²) in [5.74, 6) is 2.86. The minimum Gasteiger partial charge on any atom is -0.445 e. The van der Waals surface area contributed by atoms with Gasteiger partial charge in [0.15, 0.2) is 0 Å². The summed E-state index contributed by atoms with van der Waals surface area (Å²) in [6.07, 6.45) is 10.4. The number of amides is 2. The number of pyridine rings is 2. The Morgan fingerprint density at radius 1 is 0.589 bits per heavy atom. The van der Waals surface area contributed by atoms with Gasteiger partial charge in [-0.25, -0.2) is 39.5 Å². The molecule has 3 N–H and O–H groups in total. The first-order valence-electron chi connectivity index (χ1n) is 29.0. The highest BCUT2D eigenvalue weighted by molar-refractivity contribution is 7.51. The molecule has 2 aliphatic rings. The molecule has 4 atom stereocenters. The Balaban J connectivity index is 0.000000189. The number of aryl methyl sites for hydroxylation is 4. The second kappa shape index (κ2) is 28.5. The van der Waals surface area contributed by atoms with Crippen molar-refractivity contribution in [3.05, 3.63) is 174 Å². The van der Waals surface area contributed by atoms with E-state index in [1.165, 1.54) is 0 Å². The first-order valence-corrected chi connectivity index (χ1v) is 29.7. The van der Waals surface area contributed by atoms with Crippen LogP contribution in [-0.2, 0) is 34.3 Å². The topological polar surface area (TPSA) is 293 Å². The molecule has 0 unspecified atom stereocenters. The van der Waals surface area contributed by atoms with E-state index in [1.807, 2.05) is 148 Å². The molecule has 0 radical (unpaired) electrons. The van der Waals surface area contributed by atoms with E-state index >= 15 is 0 Å². The van der Waals surface area contributed by atoms with Crippen molar-refractivity contribution in [1.82, 2.24) is 69.5 Å². The molecule has 8 aromatic heterocycles. The molecule has 0 saturated carbocycles. The van der Waals surface area contributed by atoms with Crippen LogP contribution in [0.25, 0.3) is 73.3 Å². The van der Waals surface area contributed by atoms with Gasteiger partial charge in [-0.05, 0) is 112 Å². The van der Waals surface area contributed by atoms with Crippen LogP contribution in [0.4, 0.5) is 21.5 Å². The molecule has 0 bridgehead atoms. The van der Waals surface area contributed by atoms with Gasteiger partial charge in [-0.15, -0.1) is 0 Å². The number of hydrogen-bond donors (Lipinski definition) is 3. The fourth-order valence-corrected chi connectivity index (χ4v) is 10.8. The van der Waals surface area contributed by atoms with Gasteiger partial charge >= 0.3 is 23.8 Å². The summed E-state index contributed by atoms with van der Waals surface area (Å²) in [6, 6.07) is 37.4. The highest BCUT2D eigenvalue weighted by atomic mass is 32.1. The number of carbonyl (C=O) groups is 2. The number of nitrogens with zero attached hydrogens (tertiary/aromatic N) is 13. The first-order chi connectivity index (χ1) is 43.3. The van der Waals surface area contributed by atoms with Gasteiger partial charge in [-0.2, -0.15) is 18.4 Å². The van der Waals surface area contributed by atoms with Gasteiger partial charge in [0.1, 0.15) is 35.9 Å². The fraction of sp³-hybridized carbons (Fsp3) is 0.292. The Hall–Kier alpha value is -10.6. The number of para-hydroxylation sites is 1. The number of aromatic amines is 1. The number of H-pyrrole nitrogens is 1. The summed E-state index contributed by atoms with van der Waals surface area (Å²) in [5.41, 5.74) is 10.9. The molecule has 2 amide bonds. The third-order valence-corrected chi connectivity index (χ3v) is 15.5. The Morgan fingerprint density at radius 3 is 1.54 bits per heavy atom. The van der Waals surface area contributed by atoms with E-state index in [9.17, 15) is 9.59 Å². The molecule has 3 aromatic carbocycles. The summed E-state index contributed by atoms with van der Waals surface area (Å²) in [4.78, 5) is 70.0. The van der Waals surface area contributed by atoms with Gasteiger partial charge in [0.2, 0.25) is 35.3 Å². The molecule has 2 aliphatic heterocycles. The summed E-state index contributed by atoms with van der Waals surface area (Å²) in [7, 11) is 0. The Labute approximate surface area is 522 Å². The highest BCUT2D eigenvalue weighted by Gasteiger charge is 2.33. The molecule has 13 rings (SSSR count). The number of fused-ring (bicyclic) bond motifs is 2. The summed E-state index contributed by atoms with van der Waals surface area (Å²) in [5, 5.41) is 16.8. The Bertz CT molecular complexity index is 4290. The van der Waals surface area contributed by atoms with Gasteiger partial charge < -0.3 is 48.5 Å². The largest absolute Gasteiger partial charge is 0.445 e. The van der Waals surface area contributed by atoms with Gasteiger partial charge in [0.05, 0.1) is 11.4 Å². The minimum atomic E-state index is -0.750. The van der Waals surface area contributed by atoms with E-state index in [4.69, 9.17) is 41.9 Å². The van der Waals surface area contributed by atoms with Gasteiger partial charge in [0, 0.05) is 103 Å². The molecule has 24 nitrogen and oxygen atoms in total. The fourth-order valence-electron chi connectivity index (χ4n) is 10.8. The van der Waals surface area contributed by atoms with Gasteiger partial charge in [0.25, 0.3) is 0 Å². The van der Waals surface area contributed by atoms with Crippen molar-refractivity contribution in [3.63, 3.8) is 0 Å². The number of carbonyl (C=O) groups excluding carboxylic acids is 2. The molecule has 0 aliphatic carbocycles. The predicted molar refractivity (Wildman–Crippen MR) is 339 cm³/mol. The Kier molecular flexibility index (Phi) is 19.8.